The Kier molecular flexibility index (Phi) is 4.65. The maximum atomic E-state index is 11.5. The van der Waals surface area contributed by atoms with Crippen molar-refractivity contribution >= 4 is 11.5 Å². The van der Waals surface area contributed by atoms with Crippen LogP contribution in [0.25, 0.3) is 0 Å². The Balaban J connectivity index is 2.99. The largest absolute Gasteiger partial charge is 0.295 e. The molecule has 1 aromatic rings. The summed E-state index contributed by atoms with van der Waals surface area (Å²) in [7, 11) is 1.74. The molecular weight excluding hydrogens is 198 g/mol. The van der Waals surface area contributed by atoms with Crippen molar-refractivity contribution in [3.8, 4) is 0 Å². The fourth-order valence-electron chi connectivity index (χ4n) is 1.45. The van der Waals surface area contributed by atoms with E-state index in [0.717, 1.165) is 16.8 Å². The summed E-state index contributed by atoms with van der Waals surface area (Å²) in [6.07, 6.45) is 2.38. The molecule has 0 aromatic heterocycles. The molecule has 0 saturated heterocycles. The van der Waals surface area contributed by atoms with Crippen LogP contribution in [0.5, 0.6) is 0 Å². The van der Waals surface area contributed by atoms with E-state index in [1.54, 1.807) is 7.05 Å². The minimum Gasteiger partial charge on any atom is -0.295 e. The van der Waals surface area contributed by atoms with Crippen LogP contribution >= 0.6 is 0 Å². The van der Waals surface area contributed by atoms with E-state index >= 15 is 0 Å². The molecule has 2 heteroatoms. The van der Waals surface area contributed by atoms with E-state index in [-0.39, 0.29) is 5.78 Å². The number of rotatable bonds is 4. The zero-order chi connectivity index (χ0) is 12.0. The van der Waals surface area contributed by atoms with E-state index in [9.17, 15) is 4.79 Å². The quantitative estimate of drug-likeness (QED) is 0.560. The van der Waals surface area contributed by atoms with E-state index in [1.165, 1.54) is 0 Å². The molecule has 0 atom stereocenters. The summed E-state index contributed by atoms with van der Waals surface area (Å²) < 4.78 is 0. The number of hydrogen-bond donors (Lipinski definition) is 0. The predicted molar refractivity (Wildman–Crippen MR) is 68.0 cm³/mol. The predicted octanol–water partition coefficient (Wildman–Crippen LogP) is 3.03. The topological polar surface area (TPSA) is 29.4 Å². The van der Waals surface area contributed by atoms with Gasteiger partial charge in [-0.15, -0.1) is 0 Å². The van der Waals surface area contributed by atoms with Crippen molar-refractivity contribution in [1.29, 1.82) is 0 Å². The molecule has 0 spiro atoms. The number of allylic oxidation sites excluding steroid dienone is 2. The van der Waals surface area contributed by atoms with Gasteiger partial charge >= 0.3 is 0 Å². The Hall–Kier alpha value is -1.70. The van der Waals surface area contributed by atoms with E-state index in [4.69, 9.17) is 0 Å². The van der Waals surface area contributed by atoms with Crippen LogP contribution in [0.3, 0.4) is 0 Å². The number of hydrogen-bond acceptors (Lipinski definition) is 2. The zero-order valence-corrected chi connectivity index (χ0v) is 10.0. The molecule has 84 valence electrons. The van der Waals surface area contributed by atoms with E-state index < -0.39 is 0 Å². The van der Waals surface area contributed by atoms with Gasteiger partial charge in [-0.3, -0.25) is 9.79 Å². The molecule has 0 N–H and O–H groups in total. The fourth-order valence-corrected chi connectivity index (χ4v) is 1.45. The molecule has 0 radical (unpaired) electrons. The number of Topliss-reactive ketones (excluding diaryl/α,β-unsaturated/α-hetero) is 1. The van der Waals surface area contributed by atoms with Gasteiger partial charge in [0.15, 0.2) is 5.78 Å². The van der Waals surface area contributed by atoms with Crippen LogP contribution in [0, 0.1) is 0 Å². The second kappa shape index (κ2) is 6.01. The molecule has 0 unspecified atom stereocenters. The summed E-state index contributed by atoms with van der Waals surface area (Å²) in [5.41, 5.74) is 2.64. The summed E-state index contributed by atoms with van der Waals surface area (Å²) in [6, 6.07) is 9.87. The van der Waals surface area contributed by atoms with Crippen LogP contribution in [0.4, 0.5) is 0 Å². The molecule has 0 bridgehead atoms. The van der Waals surface area contributed by atoms with Crippen molar-refractivity contribution in [1.82, 2.24) is 0 Å². The highest BCUT2D eigenvalue weighted by atomic mass is 16.1. The summed E-state index contributed by atoms with van der Waals surface area (Å²) >= 11 is 0. The highest BCUT2D eigenvalue weighted by Gasteiger charge is 2.04. The first-order chi connectivity index (χ1) is 7.69. The Bertz CT molecular complexity index is 416. The monoisotopic (exact) mass is 215 g/mol. The Morgan fingerprint density at radius 3 is 2.44 bits per heavy atom. The van der Waals surface area contributed by atoms with Gasteiger partial charge in [0.1, 0.15) is 0 Å². The Morgan fingerprint density at radius 2 is 1.94 bits per heavy atom. The lowest BCUT2D eigenvalue weighted by Gasteiger charge is -2.02. The third-order valence-corrected chi connectivity index (χ3v) is 2.42. The van der Waals surface area contributed by atoms with Gasteiger partial charge in [-0.2, -0.15) is 0 Å². The highest BCUT2D eigenvalue weighted by molar-refractivity contribution is 6.12. The lowest BCUT2D eigenvalue weighted by molar-refractivity contribution is -0.115. The van der Waals surface area contributed by atoms with Crippen LogP contribution in [0.15, 0.2) is 47.0 Å². The number of benzene rings is 1. The molecule has 0 fully saturated rings. The molecule has 1 aromatic carbocycles. The maximum absolute atomic E-state index is 11.5. The Morgan fingerprint density at radius 1 is 1.31 bits per heavy atom. The van der Waals surface area contributed by atoms with Crippen molar-refractivity contribution < 1.29 is 4.79 Å². The number of carbonyl (C=O) groups excluding carboxylic acids is 1. The minimum atomic E-state index is 0.164. The number of ketones is 1. The van der Waals surface area contributed by atoms with Crippen molar-refractivity contribution in [2.75, 3.05) is 7.05 Å². The van der Waals surface area contributed by atoms with Gasteiger partial charge in [-0.1, -0.05) is 37.3 Å². The molecular formula is C14H17NO. The lowest BCUT2D eigenvalue weighted by Crippen LogP contribution is -2.03. The SMILES string of the molecule is CCC(=O)/C(C)=C/C(=NC)c1ccccc1. The average molecular weight is 215 g/mol. The summed E-state index contributed by atoms with van der Waals surface area (Å²) in [5, 5.41) is 0. The fraction of sp³-hybridized carbons (Fsp3) is 0.286. The smallest absolute Gasteiger partial charge is 0.158 e. The van der Waals surface area contributed by atoms with E-state index in [1.807, 2.05) is 50.3 Å². The molecule has 2 nitrogen and oxygen atoms in total. The lowest BCUT2D eigenvalue weighted by atomic mass is 10.0. The molecule has 0 heterocycles. The standard InChI is InChI=1S/C14H17NO/c1-4-14(16)11(2)10-13(15-3)12-8-6-5-7-9-12/h5-10H,4H2,1-3H3/b11-10+,15-13?. The summed E-state index contributed by atoms with van der Waals surface area (Å²) in [6.45, 7) is 3.70. The molecule has 1 rings (SSSR count). The highest BCUT2D eigenvalue weighted by Crippen LogP contribution is 2.06. The third kappa shape index (κ3) is 3.16. The maximum Gasteiger partial charge on any atom is 0.158 e. The molecule has 0 aliphatic rings. The van der Waals surface area contributed by atoms with Crippen molar-refractivity contribution in [2.24, 2.45) is 4.99 Å². The van der Waals surface area contributed by atoms with Gasteiger partial charge in [0.05, 0.1) is 5.71 Å². The summed E-state index contributed by atoms with van der Waals surface area (Å²) in [4.78, 5) is 15.7. The molecule has 0 aliphatic carbocycles. The van der Waals surface area contributed by atoms with Gasteiger partial charge in [-0.25, -0.2) is 0 Å². The first-order valence-corrected chi connectivity index (χ1v) is 5.42. The van der Waals surface area contributed by atoms with Gasteiger partial charge in [0.2, 0.25) is 0 Å². The van der Waals surface area contributed by atoms with Gasteiger partial charge in [-0.05, 0) is 24.1 Å². The van der Waals surface area contributed by atoms with Crippen LogP contribution in [0.2, 0.25) is 0 Å². The normalized spacial score (nSPS) is 12.7. The van der Waals surface area contributed by atoms with Crippen LogP contribution in [-0.2, 0) is 4.79 Å². The second-order valence-corrected chi connectivity index (χ2v) is 3.58. The van der Waals surface area contributed by atoms with Crippen LogP contribution in [0.1, 0.15) is 25.8 Å². The first-order valence-electron chi connectivity index (χ1n) is 5.42. The van der Waals surface area contributed by atoms with Crippen LogP contribution < -0.4 is 0 Å². The van der Waals surface area contributed by atoms with Crippen LogP contribution in [-0.4, -0.2) is 18.5 Å². The van der Waals surface area contributed by atoms with Crippen molar-refractivity contribution in [3.05, 3.63) is 47.5 Å². The number of carbonyl (C=O) groups is 1. The van der Waals surface area contributed by atoms with Gasteiger partial charge in [0.25, 0.3) is 0 Å². The Labute approximate surface area is 96.7 Å². The van der Waals surface area contributed by atoms with Gasteiger partial charge in [0, 0.05) is 13.5 Å². The summed E-state index contributed by atoms with van der Waals surface area (Å²) in [5.74, 6) is 0.164. The number of nitrogens with zero attached hydrogens (tertiary/aromatic N) is 1. The van der Waals surface area contributed by atoms with Crippen molar-refractivity contribution in [2.45, 2.75) is 20.3 Å². The minimum absolute atomic E-state index is 0.164. The molecule has 0 amide bonds. The molecule has 0 aliphatic heterocycles. The first kappa shape index (κ1) is 12.4. The van der Waals surface area contributed by atoms with Crippen molar-refractivity contribution in [3.63, 3.8) is 0 Å². The number of aliphatic imine (C=N–C) groups is 1. The third-order valence-electron chi connectivity index (χ3n) is 2.42. The average Bonchev–Trinajstić information content (AvgIpc) is 2.35. The van der Waals surface area contributed by atoms with E-state index in [2.05, 4.69) is 4.99 Å². The van der Waals surface area contributed by atoms with E-state index in [0.29, 0.717) is 6.42 Å². The molecule has 0 saturated carbocycles. The second-order valence-electron chi connectivity index (χ2n) is 3.58. The molecule has 16 heavy (non-hydrogen) atoms. The zero-order valence-electron chi connectivity index (χ0n) is 10.0. The van der Waals surface area contributed by atoms with Gasteiger partial charge < -0.3 is 0 Å².